The Kier molecular flexibility index (Phi) is 3.85. The molecule has 1 aromatic rings. The van der Waals surface area contributed by atoms with Gasteiger partial charge >= 0.3 is 0 Å². The highest BCUT2D eigenvalue weighted by Crippen LogP contribution is 2.07. The molecule has 1 rings (SSSR count). The lowest BCUT2D eigenvalue weighted by Crippen LogP contribution is -2.10. The molecule has 1 aromatic heterocycles. The van der Waals surface area contributed by atoms with E-state index in [1.165, 1.54) is 0 Å². The molecular weight excluding hydrogens is 208 g/mol. The average molecular weight is 224 g/mol. The summed E-state index contributed by atoms with van der Waals surface area (Å²) in [6, 6.07) is 0. The Morgan fingerprint density at radius 1 is 1.47 bits per heavy atom. The fourth-order valence-electron chi connectivity index (χ4n) is 1.10. The van der Waals surface area contributed by atoms with E-state index in [0.717, 1.165) is 17.1 Å². The van der Waals surface area contributed by atoms with Crippen molar-refractivity contribution in [3.63, 3.8) is 0 Å². The number of aromatic amines is 1. The number of allylic oxidation sites excluding steroid dienone is 1. The van der Waals surface area contributed by atoms with Gasteiger partial charge < -0.3 is 5.32 Å². The van der Waals surface area contributed by atoms with Gasteiger partial charge in [-0.3, -0.25) is 4.57 Å². The number of hydrogen-bond donors (Lipinski definition) is 2. The normalized spacial score (nSPS) is 10.0. The summed E-state index contributed by atoms with van der Waals surface area (Å²) in [5.41, 5.74) is 2.08. The van der Waals surface area contributed by atoms with Crippen molar-refractivity contribution in [2.24, 2.45) is 0 Å². The summed E-state index contributed by atoms with van der Waals surface area (Å²) in [6.45, 7) is 12.9. The molecule has 0 bridgehead atoms. The van der Waals surface area contributed by atoms with E-state index < -0.39 is 0 Å². The highest BCUT2D eigenvalue weighted by molar-refractivity contribution is 7.71. The van der Waals surface area contributed by atoms with Crippen LogP contribution >= 0.6 is 12.2 Å². The van der Waals surface area contributed by atoms with E-state index in [4.69, 9.17) is 12.2 Å². The lowest BCUT2D eigenvalue weighted by molar-refractivity contribution is 0.774. The van der Waals surface area contributed by atoms with Crippen LogP contribution < -0.4 is 5.32 Å². The van der Waals surface area contributed by atoms with Crippen LogP contribution in [0.15, 0.2) is 24.3 Å². The molecule has 0 aliphatic heterocycles. The molecule has 0 aromatic carbocycles. The van der Waals surface area contributed by atoms with E-state index in [-0.39, 0.29) is 0 Å². The second-order valence-corrected chi connectivity index (χ2v) is 4.09. The first-order chi connectivity index (χ1) is 7.00. The Morgan fingerprint density at radius 2 is 2.13 bits per heavy atom. The van der Waals surface area contributed by atoms with E-state index in [1.54, 1.807) is 0 Å². The summed E-state index contributed by atoms with van der Waals surface area (Å²) in [6.07, 6.45) is 0. The Hall–Kier alpha value is -1.36. The molecule has 0 spiro atoms. The van der Waals surface area contributed by atoms with Crippen LogP contribution in [0.2, 0.25) is 0 Å². The second-order valence-electron chi connectivity index (χ2n) is 3.71. The number of aromatic nitrogens is 3. The molecular formula is C10H16N4S. The van der Waals surface area contributed by atoms with Crippen molar-refractivity contribution >= 4 is 18.2 Å². The minimum atomic E-state index is 0.599. The second kappa shape index (κ2) is 4.93. The summed E-state index contributed by atoms with van der Waals surface area (Å²) in [4.78, 5) is 0. The van der Waals surface area contributed by atoms with Gasteiger partial charge in [0, 0.05) is 13.1 Å². The van der Waals surface area contributed by atoms with Gasteiger partial charge in [-0.25, -0.2) is 5.10 Å². The van der Waals surface area contributed by atoms with Crippen LogP contribution in [0.3, 0.4) is 0 Å². The van der Waals surface area contributed by atoms with Gasteiger partial charge in [-0.1, -0.05) is 24.3 Å². The van der Waals surface area contributed by atoms with Gasteiger partial charge in [0.25, 0.3) is 0 Å². The third-order valence-electron chi connectivity index (χ3n) is 1.73. The van der Waals surface area contributed by atoms with E-state index in [9.17, 15) is 0 Å². The highest BCUT2D eigenvalue weighted by atomic mass is 32.1. The summed E-state index contributed by atoms with van der Waals surface area (Å²) in [7, 11) is 0. The Bertz CT molecular complexity index is 427. The minimum absolute atomic E-state index is 0.599. The van der Waals surface area contributed by atoms with Crippen LogP contribution in [0.5, 0.6) is 0 Å². The summed E-state index contributed by atoms with van der Waals surface area (Å²) >= 11 is 5.11. The molecule has 15 heavy (non-hydrogen) atoms. The maximum Gasteiger partial charge on any atom is 0.223 e. The van der Waals surface area contributed by atoms with Gasteiger partial charge in [-0.15, -0.1) is 5.10 Å². The molecule has 5 heteroatoms. The Balaban J connectivity index is 2.83. The van der Waals surface area contributed by atoms with Crippen LogP contribution in [0.1, 0.15) is 13.8 Å². The highest BCUT2D eigenvalue weighted by Gasteiger charge is 2.04. The van der Waals surface area contributed by atoms with Crippen LogP contribution in [-0.4, -0.2) is 21.3 Å². The summed E-state index contributed by atoms with van der Waals surface area (Å²) in [5, 5.41) is 9.99. The number of rotatable bonds is 5. The molecule has 0 radical (unpaired) electrons. The zero-order valence-electron chi connectivity index (χ0n) is 9.13. The van der Waals surface area contributed by atoms with Crippen molar-refractivity contribution < 1.29 is 0 Å². The zero-order chi connectivity index (χ0) is 11.4. The minimum Gasteiger partial charge on any atom is -0.351 e. The standard InChI is InChI=1S/C10H16N4S/c1-7(2)5-11-9-12-13-10(15)14(9)6-8(3)4/h1,3,5-6H2,2,4H3,(H,11,12)(H,13,15). The maximum atomic E-state index is 5.11. The molecule has 1 heterocycles. The van der Waals surface area contributed by atoms with Gasteiger partial charge in [0.05, 0.1) is 0 Å². The molecule has 4 nitrogen and oxygen atoms in total. The van der Waals surface area contributed by atoms with Gasteiger partial charge in [0.1, 0.15) is 0 Å². The van der Waals surface area contributed by atoms with Gasteiger partial charge in [0.15, 0.2) is 4.77 Å². The predicted octanol–water partition coefficient (Wildman–Crippen LogP) is 2.50. The van der Waals surface area contributed by atoms with E-state index >= 15 is 0 Å². The van der Waals surface area contributed by atoms with Crippen molar-refractivity contribution in [1.82, 2.24) is 14.8 Å². The Morgan fingerprint density at radius 3 is 2.67 bits per heavy atom. The van der Waals surface area contributed by atoms with Crippen LogP contribution in [0.25, 0.3) is 0 Å². The summed E-state index contributed by atoms with van der Waals surface area (Å²) in [5.74, 6) is 0.728. The lowest BCUT2D eigenvalue weighted by Gasteiger charge is -2.08. The third-order valence-corrected chi connectivity index (χ3v) is 2.05. The van der Waals surface area contributed by atoms with E-state index in [0.29, 0.717) is 17.9 Å². The topological polar surface area (TPSA) is 45.6 Å². The molecule has 0 atom stereocenters. The van der Waals surface area contributed by atoms with E-state index in [2.05, 4.69) is 28.7 Å². The third kappa shape index (κ3) is 3.36. The smallest absolute Gasteiger partial charge is 0.223 e. The molecule has 82 valence electrons. The predicted molar refractivity (Wildman–Crippen MR) is 65.5 cm³/mol. The SMILES string of the molecule is C=C(C)CNc1n[nH]c(=S)n1CC(=C)C. The van der Waals surface area contributed by atoms with Crippen LogP contribution in [-0.2, 0) is 6.54 Å². The van der Waals surface area contributed by atoms with Crippen LogP contribution in [0.4, 0.5) is 5.95 Å². The van der Waals surface area contributed by atoms with Gasteiger partial charge in [0.2, 0.25) is 5.95 Å². The molecule has 2 N–H and O–H groups in total. The average Bonchev–Trinajstić information content (AvgIpc) is 2.44. The van der Waals surface area contributed by atoms with Crippen molar-refractivity contribution in [3.8, 4) is 0 Å². The van der Waals surface area contributed by atoms with Crippen LogP contribution in [0, 0.1) is 4.77 Å². The fourth-order valence-corrected chi connectivity index (χ4v) is 1.30. The number of nitrogens with one attached hydrogen (secondary N) is 2. The largest absolute Gasteiger partial charge is 0.351 e. The fraction of sp³-hybridized carbons (Fsp3) is 0.400. The molecule has 0 amide bonds. The maximum absolute atomic E-state index is 5.11. The van der Waals surface area contributed by atoms with Crippen molar-refractivity contribution in [2.45, 2.75) is 20.4 Å². The zero-order valence-corrected chi connectivity index (χ0v) is 9.95. The summed E-state index contributed by atoms with van der Waals surface area (Å²) < 4.78 is 2.47. The first-order valence-corrected chi connectivity index (χ1v) is 5.09. The molecule has 0 fully saturated rings. The first kappa shape index (κ1) is 11.7. The van der Waals surface area contributed by atoms with Crippen molar-refractivity contribution in [3.05, 3.63) is 29.1 Å². The lowest BCUT2D eigenvalue weighted by atomic mass is 10.3. The molecule has 0 unspecified atom stereocenters. The van der Waals surface area contributed by atoms with E-state index in [1.807, 2.05) is 18.4 Å². The van der Waals surface area contributed by atoms with Crippen molar-refractivity contribution in [1.29, 1.82) is 0 Å². The molecule has 0 aliphatic carbocycles. The number of anilines is 1. The number of H-pyrrole nitrogens is 1. The van der Waals surface area contributed by atoms with Gasteiger partial charge in [-0.05, 0) is 26.1 Å². The number of nitrogens with zero attached hydrogens (tertiary/aromatic N) is 2. The number of hydrogen-bond acceptors (Lipinski definition) is 3. The first-order valence-electron chi connectivity index (χ1n) is 4.68. The molecule has 0 aliphatic rings. The molecule has 0 saturated heterocycles. The quantitative estimate of drug-likeness (QED) is 0.596. The monoisotopic (exact) mass is 224 g/mol. The van der Waals surface area contributed by atoms with Gasteiger partial charge in [-0.2, -0.15) is 0 Å². The Labute approximate surface area is 94.7 Å². The van der Waals surface area contributed by atoms with Crippen molar-refractivity contribution in [2.75, 3.05) is 11.9 Å². The molecule has 0 saturated carbocycles.